The maximum atomic E-state index is 12.8. The van der Waals surface area contributed by atoms with Crippen molar-refractivity contribution in [2.24, 2.45) is 0 Å². The molecule has 0 aliphatic carbocycles. The standard InChI is InChI=1S/C24H20N4O11/c1-13-11-26(24(32)25-21(13)29)20-10-18(39-23(31)15-4-8-17(9-5-15)28(35)36)19(38-20)12-37-22(30)14-2-6-16(7-3-14)27(33)34/h2-9,11,18-20H,10,12H2,1H3,(H,25,29,32)/t18-,19+,20+/m0/s1. The van der Waals surface area contributed by atoms with Crippen molar-refractivity contribution < 1.29 is 33.6 Å². The number of hydrogen-bond donors (Lipinski definition) is 1. The molecule has 4 rings (SSSR count). The molecule has 15 nitrogen and oxygen atoms in total. The smallest absolute Gasteiger partial charge is 0.338 e. The summed E-state index contributed by atoms with van der Waals surface area (Å²) in [6.07, 6.45) is -1.83. The highest BCUT2D eigenvalue weighted by Crippen LogP contribution is 2.31. The van der Waals surface area contributed by atoms with Crippen molar-refractivity contribution in [2.75, 3.05) is 6.61 Å². The summed E-state index contributed by atoms with van der Waals surface area (Å²) in [4.78, 5) is 72.0. The summed E-state index contributed by atoms with van der Waals surface area (Å²) >= 11 is 0. The second kappa shape index (κ2) is 11.1. The number of hydrogen-bond acceptors (Lipinski definition) is 11. The van der Waals surface area contributed by atoms with E-state index in [0.717, 1.165) is 28.8 Å². The fourth-order valence-corrected chi connectivity index (χ4v) is 3.83. The first-order valence-electron chi connectivity index (χ1n) is 11.4. The van der Waals surface area contributed by atoms with Gasteiger partial charge >= 0.3 is 17.6 Å². The van der Waals surface area contributed by atoms with E-state index in [1.807, 2.05) is 0 Å². The van der Waals surface area contributed by atoms with Crippen molar-refractivity contribution in [3.05, 3.63) is 112 Å². The quantitative estimate of drug-likeness (QED) is 0.249. The third-order valence-electron chi connectivity index (χ3n) is 5.90. The lowest BCUT2D eigenvalue weighted by Gasteiger charge is -2.19. The lowest BCUT2D eigenvalue weighted by atomic mass is 10.1. The Labute approximate surface area is 217 Å². The normalized spacial score (nSPS) is 18.3. The van der Waals surface area contributed by atoms with E-state index >= 15 is 0 Å². The number of nitro benzene ring substituents is 2. The summed E-state index contributed by atoms with van der Waals surface area (Å²) in [6.45, 7) is 1.07. The zero-order valence-electron chi connectivity index (χ0n) is 20.2. The number of carbonyl (C=O) groups excluding carboxylic acids is 2. The number of rotatable bonds is 8. The molecule has 3 atom stereocenters. The van der Waals surface area contributed by atoms with Gasteiger partial charge in [-0.3, -0.25) is 34.6 Å². The van der Waals surface area contributed by atoms with E-state index in [4.69, 9.17) is 14.2 Å². The number of esters is 2. The monoisotopic (exact) mass is 540 g/mol. The maximum absolute atomic E-state index is 12.8. The van der Waals surface area contributed by atoms with Crippen LogP contribution in [0.15, 0.2) is 64.3 Å². The van der Waals surface area contributed by atoms with Gasteiger partial charge < -0.3 is 14.2 Å². The molecule has 1 aliphatic heterocycles. The van der Waals surface area contributed by atoms with Crippen molar-refractivity contribution in [2.45, 2.75) is 31.8 Å². The Morgan fingerprint density at radius 3 is 2.05 bits per heavy atom. The van der Waals surface area contributed by atoms with Crippen molar-refractivity contribution >= 4 is 23.3 Å². The van der Waals surface area contributed by atoms with E-state index in [-0.39, 0.29) is 34.5 Å². The van der Waals surface area contributed by atoms with Crippen LogP contribution in [0, 0.1) is 27.2 Å². The number of H-pyrrole nitrogens is 1. The van der Waals surface area contributed by atoms with Crippen molar-refractivity contribution in [1.29, 1.82) is 0 Å². The summed E-state index contributed by atoms with van der Waals surface area (Å²) < 4.78 is 17.8. The Bertz CT molecular complexity index is 1540. The number of ether oxygens (including phenoxy) is 3. The predicted octanol–water partition coefficient (Wildman–Crippen LogP) is 2.03. The van der Waals surface area contributed by atoms with Gasteiger partial charge in [-0.2, -0.15) is 0 Å². The molecule has 202 valence electrons. The minimum absolute atomic E-state index is 0.0164. The molecule has 0 unspecified atom stereocenters. The van der Waals surface area contributed by atoms with E-state index in [2.05, 4.69) is 4.98 Å². The molecule has 0 radical (unpaired) electrons. The van der Waals surface area contributed by atoms with Gasteiger partial charge in [0.05, 0.1) is 21.0 Å². The largest absolute Gasteiger partial charge is 0.459 e. The van der Waals surface area contributed by atoms with Crippen LogP contribution in [0.25, 0.3) is 0 Å². The van der Waals surface area contributed by atoms with Gasteiger partial charge in [0.2, 0.25) is 0 Å². The molecule has 15 heteroatoms. The fourth-order valence-electron chi connectivity index (χ4n) is 3.83. The third-order valence-corrected chi connectivity index (χ3v) is 5.90. The summed E-state index contributed by atoms with van der Waals surface area (Å²) in [5, 5.41) is 21.7. The summed E-state index contributed by atoms with van der Waals surface area (Å²) in [7, 11) is 0. The number of non-ortho nitro benzene ring substituents is 2. The average molecular weight is 540 g/mol. The Morgan fingerprint density at radius 2 is 1.51 bits per heavy atom. The van der Waals surface area contributed by atoms with Crippen LogP contribution in [-0.2, 0) is 14.2 Å². The number of nitrogens with one attached hydrogen (secondary N) is 1. The Morgan fingerprint density at radius 1 is 0.974 bits per heavy atom. The van der Waals surface area contributed by atoms with E-state index in [1.165, 1.54) is 37.4 Å². The number of aromatic nitrogens is 2. The fraction of sp³-hybridized carbons (Fsp3) is 0.250. The minimum atomic E-state index is -1.04. The van der Waals surface area contributed by atoms with Gasteiger partial charge in [-0.25, -0.2) is 14.4 Å². The molecule has 1 N–H and O–H groups in total. The molecule has 1 saturated heterocycles. The predicted molar refractivity (Wildman–Crippen MR) is 130 cm³/mol. The first-order chi connectivity index (χ1) is 18.5. The van der Waals surface area contributed by atoms with E-state index < -0.39 is 58.1 Å². The molecule has 0 bridgehead atoms. The van der Waals surface area contributed by atoms with Gasteiger partial charge in [0.1, 0.15) is 25.0 Å². The average Bonchev–Trinajstić information content (AvgIpc) is 3.31. The Hall–Kier alpha value is -5.18. The summed E-state index contributed by atoms with van der Waals surface area (Å²) in [5.41, 5.74) is -1.51. The minimum Gasteiger partial charge on any atom is -0.459 e. The van der Waals surface area contributed by atoms with Crippen LogP contribution in [0.3, 0.4) is 0 Å². The van der Waals surface area contributed by atoms with Gasteiger partial charge in [-0.15, -0.1) is 0 Å². The van der Waals surface area contributed by atoms with Crippen molar-refractivity contribution in [3.8, 4) is 0 Å². The van der Waals surface area contributed by atoms with Crippen LogP contribution < -0.4 is 11.2 Å². The van der Waals surface area contributed by atoms with Crippen LogP contribution in [0.2, 0.25) is 0 Å². The van der Waals surface area contributed by atoms with Gasteiger partial charge in [0, 0.05) is 42.4 Å². The Balaban J connectivity index is 1.52. The molecule has 0 saturated carbocycles. The highest BCUT2D eigenvalue weighted by atomic mass is 16.6. The SMILES string of the molecule is Cc1cn([C@H]2C[C@H](OC(=O)c3ccc([N+](=O)[O-])cc3)[C@@H](COC(=O)c3ccc([N+](=O)[O-])cc3)O2)c(=O)[nH]c1=O. The van der Waals surface area contributed by atoms with Gasteiger partial charge in [-0.1, -0.05) is 0 Å². The van der Waals surface area contributed by atoms with Gasteiger partial charge in [-0.05, 0) is 31.2 Å². The van der Waals surface area contributed by atoms with Crippen LogP contribution in [-0.4, -0.2) is 50.2 Å². The van der Waals surface area contributed by atoms with Crippen LogP contribution >= 0.6 is 0 Å². The van der Waals surface area contributed by atoms with Gasteiger partial charge in [0.25, 0.3) is 16.9 Å². The number of benzene rings is 2. The van der Waals surface area contributed by atoms with Crippen LogP contribution in [0.5, 0.6) is 0 Å². The zero-order valence-corrected chi connectivity index (χ0v) is 20.2. The number of aryl methyl sites for hydroxylation is 1. The summed E-state index contributed by atoms with van der Waals surface area (Å²) in [5.74, 6) is -1.66. The molecule has 2 heterocycles. The lowest BCUT2D eigenvalue weighted by molar-refractivity contribution is -0.385. The number of carbonyl (C=O) groups is 2. The third kappa shape index (κ3) is 6.04. The van der Waals surface area contributed by atoms with Gasteiger partial charge in [0.15, 0.2) is 0 Å². The number of nitrogens with zero attached hydrogens (tertiary/aromatic N) is 3. The molecule has 2 aromatic carbocycles. The topological polar surface area (TPSA) is 203 Å². The maximum Gasteiger partial charge on any atom is 0.338 e. The van der Waals surface area contributed by atoms with E-state index in [9.17, 15) is 39.4 Å². The molecule has 0 amide bonds. The highest BCUT2D eigenvalue weighted by molar-refractivity contribution is 5.90. The first kappa shape index (κ1) is 26.9. The van der Waals surface area contributed by atoms with Crippen LogP contribution in [0.4, 0.5) is 11.4 Å². The Kier molecular flexibility index (Phi) is 7.62. The van der Waals surface area contributed by atoms with Crippen molar-refractivity contribution in [3.63, 3.8) is 0 Å². The molecule has 1 aliphatic rings. The zero-order chi connectivity index (χ0) is 28.3. The summed E-state index contributed by atoms with van der Waals surface area (Å²) in [6, 6.07) is 9.41. The molecular weight excluding hydrogens is 520 g/mol. The second-order valence-corrected chi connectivity index (χ2v) is 8.49. The molecule has 3 aromatic rings. The first-order valence-corrected chi connectivity index (χ1v) is 11.4. The number of nitro groups is 2. The molecule has 1 aromatic heterocycles. The number of aromatic amines is 1. The van der Waals surface area contributed by atoms with E-state index in [0.29, 0.717) is 0 Å². The van der Waals surface area contributed by atoms with E-state index in [1.54, 1.807) is 0 Å². The molecule has 1 fully saturated rings. The molecule has 0 spiro atoms. The molecule has 39 heavy (non-hydrogen) atoms. The lowest BCUT2D eigenvalue weighted by Crippen LogP contribution is -2.33. The highest BCUT2D eigenvalue weighted by Gasteiger charge is 2.40. The van der Waals surface area contributed by atoms with Crippen LogP contribution in [0.1, 0.15) is 38.9 Å². The second-order valence-electron chi connectivity index (χ2n) is 8.49. The molecular formula is C24H20N4O11. The van der Waals surface area contributed by atoms with Crippen molar-refractivity contribution in [1.82, 2.24) is 9.55 Å².